The Morgan fingerprint density at radius 3 is 2.86 bits per heavy atom. The molecule has 0 aromatic heterocycles. The van der Waals surface area contributed by atoms with Crippen molar-refractivity contribution in [2.24, 2.45) is 0 Å². The molecule has 0 radical (unpaired) electrons. The lowest BCUT2D eigenvalue weighted by atomic mass is 9.97. The number of nitrogens with zero attached hydrogens (tertiary/aromatic N) is 1. The van der Waals surface area contributed by atoms with Gasteiger partial charge in [-0.15, -0.1) is 0 Å². The van der Waals surface area contributed by atoms with Crippen LogP contribution in [0.3, 0.4) is 0 Å². The van der Waals surface area contributed by atoms with Crippen LogP contribution in [0.4, 0.5) is 10.5 Å². The molecule has 5 nitrogen and oxygen atoms in total. The zero-order valence-electron chi connectivity index (χ0n) is 13.6. The first kappa shape index (κ1) is 16.6. The van der Waals surface area contributed by atoms with Crippen LogP contribution in [-0.2, 0) is 0 Å². The molecule has 1 atom stereocenters. The number of para-hydroxylation sites is 2. The minimum atomic E-state index is -0.897. The lowest BCUT2D eigenvalue weighted by Gasteiger charge is -2.33. The largest absolute Gasteiger partial charge is 0.491 e. The van der Waals surface area contributed by atoms with Gasteiger partial charge in [-0.1, -0.05) is 19.1 Å². The first-order chi connectivity index (χ1) is 10.4. The molecule has 1 aromatic rings. The Kier molecular flexibility index (Phi) is 5.29. The Morgan fingerprint density at radius 1 is 1.45 bits per heavy atom. The number of anilines is 1. The van der Waals surface area contributed by atoms with E-state index in [1.54, 1.807) is 18.7 Å². The van der Waals surface area contributed by atoms with E-state index in [4.69, 9.17) is 4.74 Å². The van der Waals surface area contributed by atoms with E-state index in [2.05, 4.69) is 5.32 Å². The molecule has 1 fully saturated rings. The SMILES string of the molecule is CCCOc1ccccc1NC(=O)N1CCCC1C(C)(C)O. The Morgan fingerprint density at radius 2 is 2.18 bits per heavy atom. The Bertz CT molecular complexity index is 511. The van der Waals surface area contributed by atoms with E-state index in [9.17, 15) is 9.90 Å². The maximum Gasteiger partial charge on any atom is 0.322 e. The molecular formula is C17H26N2O3. The van der Waals surface area contributed by atoms with E-state index >= 15 is 0 Å². The summed E-state index contributed by atoms with van der Waals surface area (Å²) in [5.74, 6) is 0.678. The second-order valence-electron chi connectivity index (χ2n) is 6.28. The van der Waals surface area contributed by atoms with Crippen LogP contribution in [0.5, 0.6) is 5.75 Å². The second-order valence-corrected chi connectivity index (χ2v) is 6.28. The van der Waals surface area contributed by atoms with Gasteiger partial charge in [0.1, 0.15) is 5.75 Å². The normalized spacial score (nSPS) is 18.4. The van der Waals surface area contributed by atoms with Crippen molar-refractivity contribution in [3.63, 3.8) is 0 Å². The summed E-state index contributed by atoms with van der Waals surface area (Å²) in [7, 11) is 0. The highest BCUT2D eigenvalue weighted by Gasteiger charge is 2.38. The fourth-order valence-electron chi connectivity index (χ4n) is 2.84. The fraction of sp³-hybridized carbons (Fsp3) is 0.588. The quantitative estimate of drug-likeness (QED) is 0.878. The van der Waals surface area contributed by atoms with Gasteiger partial charge in [-0.25, -0.2) is 4.79 Å². The number of carbonyl (C=O) groups is 1. The zero-order chi connectivity index (χ0) is 16.2. The van der Waals surface area contributed by atoms with Crippen LogP contribution in [0.15, 0.2) is 24.3 Å². The summed E-state index contributed by atoms with van der Waals surface area (Å²) in [5.41, 5.74) is -0.228. The lowest BCUT2D eigenvalue weighted by Crippen LogP contribution is -2.49. The van der Waals surface area contributed by atoms with Gasteiger partial charge >= 0.3 is 6.03 Å². The molecule has 122 valence electrons. The van der Waals surface area contributed by atoms with Crippen molar-refractivity contribution in [2.75, 3.05) is 18.5 Å². The van der Waals surface area contributed by atoms with Crippen molar-refractivity contribution < 1.29 is 14.6 Å². The van der Waals surface area contributed by atoms with Crippen LogP contribution in [-0.4, -0.2) is 40.8 Å². The lowest BCUT2D eigenvalue weighted by molar-refractivity contribution is 0.0117. The average molecular weight is 306 g/mol. The van der Waals surface area contributed by atoms with Gasteiger partial charge in [-0.05, 0) is 45.2 Å². The third kappa shape index (κ3) is 3.91. The minimum absolute atomic E-state index is 0.156. The van der Waals surface area contributed by atoms with E-state index in [1.165, 1.54) is 0 Å². The molecule has 2 N–H and O–H groups in total. The topological polar surface area (TPSA) is 61.8 Å². The van der Waals surface area contributed by atoms with Crippen LogP contribution in [0.25, 0.3) is 0 Å². The third-order valence-electron chi connectivity index (χ3n) is 3.92. The van der Waals surface area contributed by atoms with Crippen LogP contribution < -0.4 is 10.1 Å². The average Bonchev–Trinajstić information content (AvgIpc) is 2.96. The molecule has 1 aliphatic rings. The van der Waals surface area contributed by atoms with Crippen LogP contribution in [0.2, 0.25) is 0 Å². The maximum atomic E-state index is 12.5. The number of ether oxygens (including phenoxy) is 1. The highest BCUT2D eigenvalue weighted by Crippen LogP contribution is 2.29. The number of carbonyl (C=O) groups excluding carboxylic acids is 1. The number of benzene rings is 1. The van der Waals surface area contributed by atoms with E-state index in [1.807, 2.05) is 31.2 Å². The number of rotatable bonds is 5. The molecule has 1 heterocycles. The summed E-state index contributed by atoms with van der Waals surface area (Å²) < 4.78 is 5.66. The molecular weight excluding hydrogens is 280 g/mol. The van der Waals surface area contributed by atoms with E-state index < -0.39 is 5.60 Å². The molecule has 0 saturated carbocycles. The first-order valence-electron chi connectivity index (χ1n) is 7.95. The summed E-state index contributed by atoms with van der Waals surface area (Å²) in [5, 5.41) is 13.1. The Labute approximate surface area is 132 Å². The molecule has 0 bridgehead atoms. The van der Waals surface area contributed by atoms with Crippen molar-refractivity contribution in [1.82, 2.24) is 4.90 Å². The summed E-state index contributed by atoms with van der Waals surface area (Å²) >= 11 is 0. The van der Waals surface area contributed by atoms with Crippen LogP contribution in [0.1, 0.15) is 40.0 Å². The van der Waals surface area contributed by atoms with Gasteiger partial charge in [0.15, 0.2) is 0 Å². The number of likely N-dealkylation sites (tertiary alicyclic amines) is 1. The van der Waals surface area contributed by atoms with Crippen LogP contribution in [0, 0.1) is 0 Å². The highest BCUT2D eigenvalue weighted by molar-refractivity contribution is 5.91. The standard InChI is InChI=1S/C17H26N2O3/c1-4-12-22-14-9-6-5-8-13(14)18-16(20)19-11-7-10-15(19)17(2,3)21/h5-6,8-9,15,21H,4,7,10-12H2,1-3H3,(H,18,20). The van der Waals surface area contributed by atoms with E-state index in [0.717, 1.165) is 19.3 Å². The predicted octanol–water partition coefficient (Wildman–Crippen LogP) is 3.24. The summed E-state index contributed by atoms with van der Waals surface area (Å²) in [6.07, 6.45) is 2.65. The Hall–Kier alpha value is -1.75. The summed E-state index contributed by atoms with van der Waals surface area (Å²) in [4.78, 5) is 14.3. The van der Waals surface area contributed by atoms with Gasteiger partial charge in [-0.3, -0.25) is 0 Å². The smallest absolute Gasteiger partial charge is 0.322 e. The second kappa shape index (κ2) is 7.01. The van der Waals surface area contributed by atoms with Crippen molar-refractivity contribution in [2.45, 2.75) is 51.7 Å². The highest BCUT2D eigenvalue weighted by atomic mass is 16.5. The van der Waals surface area contributed by atoms with Crippen molar-refractivity contribution in [1.29, 1.82) is 0 Å². The summed E-state index contributed by atoms with van der Waals surface area (Å²) in [6.45, 7) is 6.82. The van der Waals surface area contributed by atoms with E-state index in [0.29, 0.717) is 24.6 Å². The van der Waals surface area contributed by atoms with Crippen molar-refractivity contribution in [3.8, 4) is 5.75 Å². The first-order valence-corrected chi connectivity index (χ1v) is 7.95. The molecule has 2 amide bonds. The number of urea groups is 1. The van der Waals surface area contributed by atoms with Gasteiger partial charge in [-0.2, -0.15) is 0 Å². The van der Waals surface area contributed by atoms with Gasteiger partial charge in [0.05, 0.1) is 23.9 Å². The van der Waals surface area contributed by atoms with Crippen LogP contribution >= 0.6 is 0 Å². The molecule has 5 heteroatoms. The number of nitrogens with one attached hydrogen (secondary N) is 1. The number of hydrogen-bond acceptors (Lipinski definition) is 3. The van der Waals surface area contributed by atoms with Crippen molar-refractivity contribution >= 4 is 11.7 Å². The molecule has 1 saturated heterocycles. The predicted molar refractivity (Wildman–Crippen MR) is 87.3 cm³/mol. The number of amides is 2. The molecule has 0 spiro atoms. The third-order valence-corrected chi connectivity index (χ3v) is 3.92. The van der Waals surface area contributed by atoms with Gasteiger partial charge in [0.25, 0.3) is 0 Å². The molecule has 1 aliphatic heterocycles. The molecule has 1 aromatic carbocycles. The molecule has 0 aliphatic carbocycles. The van der Waals surface area contributed by atoms with Gasteiger partial charge in [0.2, 0.25) is 0 Å². The monoisotopic (exact) mass is 306 g/mol. The maximum absolute atomic E-state index is 12.5. The van der Waals surface area contributed by atoms with E-state index in [-0.39, 0.29) is 12.1 Å². The molecule has 22 heavy (non-hydrogen) atoms. The molecule has 1 unspecified atom stereocenters. The summed E-state index contributed by atoms with van der Waals surface area (Å²) in [6, 6.07) is 7.09. The molecule has 2 rings (SSSR count). The van der Waals surface area contributed by atoms with Crippen molar-refractivity contribution in [3.05, 3.63) is 24.3 Å². The number of aliphatic hydroxyl groups is 1. The number of hydrogen-bond donors (Lipinski definition) is 2. The Balaban J connectivity index is 2.09. The zero-order valence-corrected chi connectivity index (χ0v) is 13.6. The minimum Gasteiger partial charge on any atom is -0.491 e. The fourth-order valence-corrected chi connectivity index (χ4v) is 2.84. The van der Waals surface area contributed by atoms with Gasteiger partial charge < -0.3 is 20.1 Å². The van der Waals surface area contributed by atoms with Gasteiger partial charge in [0, 0.05) is 6.54 Å².